The number of carbonyl (C=O) groups is 1. The molecule has 3 rings (SSSR count). The summed E-state index contributed by atoms with van der Waals surface area (Å²) >= 11 is 1.21. The second-order valence-corrected chi connectivity index (χ2v) is 11.9. The lowest BCUT2D eigenvalue weighted by Gasteiger charge is -2.46. The van der Waals surface area contributed by atoms with Crippen LogP contribution in [0.25, 0.3) is 0 Å². The number of rotatable bonds is 9. The number of nitrogens with one attached hydrogen (secondary N) is 1. The van der Waals surface area contributed by atoms with E-state index < -0.39 is 5.54 Å². The van der Waals surface area contributed by atoms with E-state index in [1.54, 1.807) is 0 Å². The first kappa shape index (κ1) is 26.6. The second kappa shape index (κ2) is 10.3. The summed E-state index contributed by atoms with van der Waals surface area (Å²) in [6.07, 6.45) is 4.80. The van der Waals surface area contributed by atoms with Crippen molar-refractivity contribution in [3.63, 3.8) is 0 Å². The van der Waals surface area contributed by atoms with Crippen molar-refractivity contribution >= 4 is 17.4 Å². The van der Waals surface area contributed by atoms with Crippen LogP contribution in [0.1, 0.15) is 76.9 Å². The highest BCUT2D eigenvalue weighted by molar-refractivity contribution is 7.10. The first-order valence-corrected chi connectivity index (χ1v) is 13.1. The number of hydrogen-bond acceptors (Lipinski definition) is 5. The molecule has 188 valence electrons. The zero-order chi connectivity index (χ0) is 25.1. The van der Waals surface area contributed by atoms with Gasteiger partial charge < -0.3 is 10.1 Å². The average Bonchev–Trinajstić information content (AvgIpc) is 3.40. The molecule has 1 saturated heterocycles. The molecule has 34 heavy (non-hydrogen) atoms. The zero-order valence-electron chi connectivity index (χ0n) is 21.7. The van der Waals surface area contributed by atoms with Gasteiger partial charge >= 0.3 is 6.09 Å². The molecular weight excluding hydrogens is 449 g/mol. The van der Waals surface area contributed by atoms with E-state index in [2.05, 4.69) is 55.0 Å². The summed E-state index contributed by atoms with van der Waals surface area (Å²) in [7, 11) is 0. The molecule has 1 amide bonds. The molecule has 2 aromatic rings. The minimum Gasteiger partial charge on any atom is -0.447 e. The molecule has 2 aromatic heterocycles. The summed E-state index contributed by atoms with van der Waals surface area (Å²) in [6, 6.07) is 7.62. The number of aromatic nitrogens is 1. The van der Waals surface area contributed by atoms with Gasteiger partial charge in [0.25, 0.3) is 0 Å². The van der Waals surface area contributed by atoms with Crippen LogP contribution in [0.4, 0.5) is 9.18 Å². The Morgan fingerprint density at radius 1 is 1.29 bits per heavy atom. The monoisotopic (exact) mass is 489 g/mol. The van der Waals surface area contributed by atoms with Crippen LogP contribution < -0.4 is 5.32 Å². The number of thiophene rings is 1. The van der Waals surface area contributed by atoms with Crippen molar-refractivity contribution in [2.45, 2.75) is 91.3 Å². The van der Waals surface area contributed by atoms with Gasteiger partial charge in [-0.25, -0.2) is 4.79 Å². The smallest absolute Gasteiger partial charge is 0.407 e. The van der Waals surface area contributed by atoms with E-state index >= 15 is 0 Å². The van der Waals surface area contributed by atoms with Crippen LogP contribution in [0.5, 0.6) is 0 Å². The number of halogens is 1. The molecule has 0 aliphatic carbocycles. The predicted octanol–water partition coefficient (Wildman–Crippen LogP) is 6.45. The average molecular weight is 490 g/mol. The number of nitrogens with zero attached hydrogens (tertiary/aromatic N) is 2. The van der Waals surface area contributed by atoms with Crippen LogP contribution in [0.3, 0.4) is 0 Å². The largest absolute Gasteiger partial charge is 0.447 e. The molecule has 0 aromatic carbocycles. The van der Waals surface area contributed by atoms with Crippen LogP contribution in [-0.2, 0) is 16.7 Å². The van der Waals surface area contributed by atoms with E-state index in [0.717, 1.165) is 49.3 Å². The molecule has 5 nitrogen and oxygen atoms in total. The topological polar surface area (TPSA) is 54.5 Å². The van der Waals surface area contributed by atoms with Crippen LogP contribution in [0, 0.1) is 17.5 Å². The van der Waals surface area contributed by atoms with E-state index in [4.69, 9.17) is 4.74 Å². The molecule has 1 fully saturated rings. The van der Waals surface area contributed by atoms with Gasteiger partial charge in [-0.3, -0.25) is 9.88 Å². The highest BCUT2D eigenvalue weighted by Gasteiger charge is 2.52. The van der Waals surface area contributed by atoms with Gasteiger partial charge in [0.05, 0.1) is 0 Å². The fraction of sp³-hybridized carbons (Fsp3) is 0.630. The van der Waals surface area contributed by atoms with E-state index in [9.17, 15) is 9.18 Å². The Hall–Kier alpha value is -1.99. The van der Waals surface area contributed by atoms with Crippen molar-refractivity contribution < 1.29 is 13.9 Å². The second-order valence-electron chi connectivity index (χ2n) is 10.8. The maximum Gasteiger partial charge on any atom is 0.407 e. The summed E-state index contributed by atoms with van der Waals surface area (Å²) in [5, 5.41) is 3.04. The van der Waals surface area contributed by atoms with Crippen molar-refractivity contribution in [2.24, 2.45) is 5.41 Å². The molecule has 0 spiro atoms. The maximum absolute atomic E-state index is 13.6. The molecule has 0 radical (unpaired) electrons. The Labute approximate surface area is 208 Å². The van der Waals surface area contributed by atoms with E-state index in [-0.39, 0.29) is 28.3 Å². The fourth-order valence-corrected chi connectivity index (χ4v) is 5.65. The lowest BCUT2D eigenvalue weighted by Crippen LogP contribution is -2.58. The van der Waals surface area contributed by atoms with Gasteiger partial charge in [-0.1, -0.05) is 13.0 Å². The first-order valence-electron chi connectivity index (χ1n) is 12.3. The Kier molecular flexibility index (Phi) is 8.08. The number of ether oxygens (including phenoxy) is 1. The quantitative estimate of drug-likeness (QED) is 0.440. The van der Waals surface area contributed by atoms with Crippen molar-refractivity contribution in [1.29, 1.82) is 0 Å². The van der Waals surface area contributed by atoms with Gasteiger partial charge in [-0.15, -0.1) is 11.3 Å². The van der Waals surface area contributed by atoms with Gasteiger partial charge in [0, 0.05) is 39.8 Å². The minimum atomic E-state index is -0.510. The van der Waals surface area contributed by atoms with Gasteiger partial charge in [-0.05, 0) is 97.5 Å². The molecule has 3 heterocycles. The Morgan fingerprint density at radius 3 is 2.62 bits per heavy atom. The highest BCUT2D eigenvalue weighted by Crippen LogP contribution is 2.48. The molecule has 0 saturated carbocycles. The Balaban J connectivity index is 1.86. The number of alkyl carbamates (subject to hydrolysis) is 1. The maximum atomic E-state index is 13.6. The third kappa shape index (κ3) is 5.80. The summed E-state index contributed by atoms with van der Waals surface area (Å²) in [5.74, 6) is 0. The van der Waals surface area contributed by atoms with Crippen LogP contribution in [-0.4, -0.2) is 40.7 Å². The van der Waals surface area contributed by atoms with Crippen molar-refractivity contribution in [3.05, 3.63) is 51.7 Å². The molecule has 2 unspecified atom stereocenters. The molecule has 7 heteroatoms. The summed E-state index contributed by atoms with van der Waals surface area (Å²) in [6.45, 7) is 16.3. The first-order chi connectivity index (χ1) is 15.9. The van der Waals surface area contributed by atoms with Crippen LogP contribution >= 0.6 is 11.3 Å². The predicted molar refractivity (Wildman–Crippen MR) is 137 cm³/mol. The molecule has 1 aliphatic rings. The van der Waals surface area contributed by atoms with Crippen LogP contribution in [0.15, 0.2) is 30.5 Å². The van der Waals surface area contributed by atoms with Crippen molar-refractivity contribution in [2.75, 3.05) is 13.1 Å². The van der Waals surface area contributed by atoms with Gasteiger partial charge in [-0.2, -0.15) is 4.39 Å². The number of pyridine rings is 1. The molecular formula is C27H40FN3O2S. The Bertz CT molecular complexity index is 973. The zero-order valence-corrected chi connectivity index (χ0v) is 22.5. The lowest BCUT2D eigenvalue weighted by atomic mass is 9.67. The standard InChI is InChI=1S/C27H40FN3O2S/c1-8-20(3)33-24(32)30-26(6,7)27(14-13-22-11-12-23(28)34-22)15-16-31(18-27)25(4,5)21-10-9-19(2)29-17-21/h9-12,17,20H,8,13-16,18H2,1-7H3,(H,30,32). The van der Waals surface area contributed by atoms with E-state index in [1.807, 2.05) is 33.0 Å². The van der Waals surface area contributed by atoms with Gasteiger partial charge in [0.2, 0.25) is 0 Å². The van der Waals surface area contributed by atoms with E-state index in [0.29, 0.717) is 0 Å². The summed E-state index contributed by atoms with van der Waals surface area (Å²) in [4.78, 5) is 20.8. The minimum absolute atomic E-state index is 0.131. The number of hydrogen-bond donors (Lipinski definition) is 1. The SMILES string of the molecule is CCC(C)OC(=O)NC(C)(C)C1(CCc2ccc(F)s2)CCN(C(C)(C)c2ccc(C)nc2)C1. The summed E-state index contributed by atoms with van der Waals surface area (Å²) < 4.78 is 19.2. The van der Waals surface area contributed by atoms with Crippen molar-refractivity contribution in [1.82, 2.24) is 15.2 Å². The highest BCUT2D eigenvalue weighted by atomic mass is 32.1. The normalized spacial score (nSPS) is 20.4. The molecule has 2 atom stereocenters. The molecule has 1 aliphatic heterocycles. The number of carbonyl (C=O) groups excluding carboxylic acids is 1. The van der Waals surface area contributed by atoms with Crippen molar-refractivity contribution in [3.8, 4) is 0 Å². The number of amides is 1. The Morgan fingerprint density at radius 2 is 2.03 bits per heavy atom. The van der Waals surface area contributed by atoms with E-state index in [1.165, 1.54) is 23.0 Å². The third-order valence-corrected chi connectivity index (χ3v) is 8.80. The molecule has 0 bridgehead atoms. The van der Waals surface area contributed by atoms with Gasteiger partial charge in [0.15, 0.2) is 5.13 Å². The molecule has 1 N–H and O–H groups in total. The lowest BCUT2D eigenvalue weighted by molar-refractivity contribution is 0.0538. The number of aryl methyl sites for hydroxylation is 2. The fourth-order valence-electron chi connectivity index (χ4n) is 4.92. The summed E-state index contributed by atoms with van der Waals surface area (Å²) in [5.41, 5.74) is 1.27. The number of likely N-dealkylation sites (tertiary alicyclic amines) is 1. The van der Waals surface area contributed by atoms with Gasteiger partial charge in [0.1, 0.15) is 6.10 Å². The third-order valence-electron chi connectivity index (χ3n) is 7.86. The van der Waals surface area contributed by atoms with Crippen LogP contribution in [0.2, 0.25) is 0 Å².